The van der Waals surface area contributed by atoms with E-state index in [1.807, 2.05) is 25.1 Å². The fraction of sp³-hybridized carbons (Fsp3) is 0.188. The molecule has 2 aromatic carbocycles. The molecule has 2 rings (SSSR count). The first kappa shape index (κ1) is 16.2. The molecular weight excluding hydrogens is 300 g/mol. The molecule has 0 saturated carbocycles. The molecule has 0 heterocycles. The lowest BCUT2D eigenvalue weighted by Gasteiger charge is -2.10. The van der Waals surface area contributed by atoms with Gasteiger partial charge in [0.05, 0.1) is 11.4 Å². The van der Waals surface area contributed by atoms with Crippen LogP contribution >= 0.6 is 0 Å². The zero-order valence-electron chi connectivity index (χ0n) is 12.2. The molecule has 0 saturated heterocycles. The molecule has 116 valence electrons. The predicted molar refractivity (Wildman–Crippen MR) is 86.1 cm³/mol. The number of aryl methyl sites for hydroxylation is 1. The third kappa shape index (κ3) is 4.16. The van der Waals surface area contributed by atoms with E-state index in [4.69, 9.17) is 0 Å². The Hall–Kier alpha value is -2.18. The third-order valence-electron chi connectivity index (χ3n) is 3.15. The Morgan fingerprint density at radius 2 is 1.64 bits per heavy atom. The Labute approximate surface area is 130 Å². The molecule has 0 aliphatic carbocycles. The van der Waals surface area contributed by atoms with Gasteiger partial charge in [-0.05, 0) is 30.2 Å². The van der Waals surface area contributed by atoms with E-state index in [1.165, 1.54) is 12.1 Å². The highest BCUT2D eigenvalue weighted by Gasteiger charge is 2.15. The van der Waals surface area contributed by atoms with Crippen LogP contribution < -0.4 is 10.0 Å². The summed E-state index contributed by atoms with van der Waals surface area (Å²) in [5.41, 5.74) is 1.70. The Bertz CT molecular complexity index is 743. The number of rotatable bonds is 6. The van der Waals surface area contributed by atoms with Gasteiger partial charge in [0.1, 0.15) is 0 Å². The Morgan fingerprint density at radius 3 is 2.32 bits per heavy atom. The molecule has 2 N–H and O–H groups in total. The maximum Gasteiger partial charge on any atom is 0.241 e. The van der Waals surface area contributed by atoms with Gasteiger partial charge in [-0.25, -0.2) is 13.1 Å². The molecule has 0 radical (unpaired) electrons. The quantitative estimate of drug-likeness (QED) is 0.857. The lowest BCUT2D eigenvalue weighted by atomic mass is 10.1. The predicted octanol–water partition coefficient (Wildman–Crippen LogP) is 2.17. The summed E-state index contributed by atoms with van der Waals surface area (Å²) in [6.45, 7) is 1.68. The van der Waals surface area contributed by atoms with Crippen LogP contribution in [-0.4, -0.2) is 20.9 Å². The lowest BCUT2D eigenvalue weighted by molar-refractivity contribution is -0.115. The van der Waals surface area contributed by atoms with Gasteiger partial charge in [0.2, 0.25) is 15.9 Å². The van der Waals surface area contributed by atoms with Crippen molar-refractivity contribution in [3.05, 3.63) is 60.2 Å². The summed E-state index contributed by atoms with van der Waals surface area (Å²) < 4.78 is 26.3. The molecule has 0 fully saturated rings. The molecule has 22 heavy (non-hydrogen) atoms. The largest absolute Gasteiger partial charge is 0.325 e. The van der Waals surface area contributed by atoms with Crippen molar-refractivity contribution in [1.82, 2.24) is 4.72 Å². The summed E-state index contributed by atoms with van der Waals surface area (Å²) >= 11 is 0. The highest BCUT2D eigenvalue weighted by atomic mass is 32.2. The number of hydrogen-bond acceptors (Lipinski definition) is 3. The zero-order valence-corrected chi connectivity index (χ0v) is 13.1. The minimum atomic E-state index is -3.67. The molecule has 2 aromatic rings. The van der Waals surface area contributed by atoms with Gasteiger partial charge in [-0.15, -0.1) is 0 Å². The van der Waals surface area contributed by atoms with E-state index >= 15 is 0 Å². The number of carbonyl (C=O) groups excluding carboxylic acids is 1. The van der Waals surface area contributed by atoms with E-state index in [2.05, 4.69) is 10.0 Å². The van der Waals surface area contributed by atoms with Crippen molar-refractivity contribution in [1.29, 1.82) is 0 Å². The molecule has 1 amide bonds. The van der Waals surface area contributed by atoms with Crippen LogP contribution in [0.3, 0.4) is 0 Å². The van der Waals surface area contributed by atoms with Crippen molar-refractivity contribution in [2.24, 2.45) is 0 Å². The van der Waals surface area contributed by atoms with Gasteiger partial charge in [0, 0.05) is 5.69 Å². The molecule has 0 aromatic heterocycles. The van der Waals surface area contributed by atoms with Gasteiger partial charge >= 0.3 is 0 Å². The first-order chi connectivity index (χ1) is 10.5. The SMILES string of the molecule is CCc1ccccc1NC(=O)CNS(=O)(=O)c1ccccc1. The average Bonchev–Trinajstić information content (AvgIpc) is 2.54. The first-order valence-electron chi connectivity index (χ1n) is 6.95. The van der Waals surface area contributed by atoms with Gasteiger partial charge < -0.3 is 5.32 Å². The number of hydrogen-bond donors (Lipinski definition) is 2. The summed E-state index contributed by atoms with van der Waals surface area (Å²) in [6, 6.07) is 15.4. The average molecular weight is 318 g/mol. The van der Waals surface area contributed by atoms with Gasteiger partial charge in [-0.1, -0.05) is 43.3 Å². The summed E-state index contributed by atoms with van der Waals surface area (Å²) in [4.78, 5) is 12.1. The number of anilines is 1. The van der Waals surface area contributed by atoms with E-state index in [0.717, 1.165) is 12.0 Å². The second kappa shape index (κ2) is 7.20. The first-order valence-corrected chi connectivity index (χ1v) is 8.43. The molecule has 0 bridgehead atoms. The topological polar surface area (TPSA) is 75.3 Å². The second-order valence-electron chi connectivity index (χ2n) is 4.70. The maximum absolute atomic E-state index is 12.0. The molecule has 6 heteroatoms. The van der Waals surface area contributed by atoms with Gasteiger partial charge in [-0.2, -0.15) is 0 Å². The number of nitrogens with one attached hydrogen (secondary N) is 2. The van der Waals surface area contributed by atoms with Crippen molar-refractivity contribution in [2.45, 2.75) is 18.2 Å². The van der Waals surface area contributed by atoms with Gasteiger partial charge in [-0.3, -0.25) is 4.79 Å². The summed E-state index contributed by atoms with van der Waals surface area (Å²) in [7, 11) is -3.67. The Kier molecular flexibility index (Phi) is 5.30. The van der Waals surface area contributed by atoms with E-state index in [9.17, 15) is 13.2 Å². The lowest BCUT2D eigenvalue weighted by Crippen LogP contribution is -2.33. The van der Waals surface area contributed by atoms with E-state index in [1.54, 1.807) is 24.3 Å². The highest BCUT2D eigenvalue weighted by molar-refractivity contribution is 7.89. The van der Waals surface area contributed by atoms with Crippen LogP contribution in [0.15, 0.2) is 59.5 Å². The van der Waals surface area contributed by atoms with Crippen molar-refractivity contribution in [2.75, 3.05) is 11.9 Å². The van der Waals surface area contributed by atoms with Crippen molar-refractivity contribution in [3.8, 4) is 0 Å². The molecule has 5 nitrogen and oxygen atoms in total. The van der Waals surface area contributed by atoms with E-state index in [0.29, 0.717) is 5.69 Å². The second-order valence-corrected chi connectivity index (χ2v) is 6.46. The number of para-hydroxylation sites is 1. The summed E-state index contributed by atoms with van der Waals surface area (Å²) in [5, 5.41) is 2.72. The summed E-state index contributed by atoms with van der Waals surface area (Å²) in [5.74, 6) is -0.402. The number of sulfonamides is 1. The minimum absolute atomic E-state index is 0.136. The van der Waals surface area contributed by atoms with Crippen LogP contribution in [0.5, 0.6) is 0 Å². The standard InChI is InChI=1S/C16H18N2O3S/c1-2-13-8-6-7-11-15(13)18-16(19)12-17-22(20,21)14-9-4-3-5-10-14/h3-11,17H,2,12H2,1H3,(H,18,19). The Morgan fingerprint density at radius 1 is 1.00 bits per heavy atom. The van der Waals surface area contributed by atoms with E-state index < -0.39 is 15.9 Å². The molecule has 0 aliphatic heterocycles. The fourth-order valence-corrected chi connectivity index (χ4v) is 2.99. The molecule has 0 aliphatic rings. The normalized spacial score (nSPS) is 11.1. The zero-order chi connectivity index (χ0) is 16.0. The van der Waals surface area contributed by atoms with Crippen molar-refractivity contribution >= 4 is 21.6 Å². The van der Waals surface area contributed by atoms with Gasteiger partial charge in [0.15, 0.2) is 0 Å². The van der Waals surface area contributed by atoms with Crippen LogP contribution in [0, 0.1) is 0 Å². The number of benzene rings is 2. The minimum Gasteiger partial charge on any atom is -0.325 e. The molecule has 0 atom stereocenters. The fourth-order valence-electron chi connectivity index (χ4n) is 1.99. The molecule has 0 spiro atoms. The van der Waals surface area contributed by atoms with E-state index in [-0.39, 0.29) is 11.4 Å². The molecule has 0 unspecified atom stereocenters. The maximum atomic E-state index is 12.0. The van der Waals surface area contributed by atoms with Crippen LogP contribution in [0.4, 0.5) is 5.69 Å². The van der Waals surface area contributed by atoms with Gasteiger partial charge in [0.25, 0.3) is 0 Å². The highest BCUT2D eigenvalue weighted by Crippen LogP contribution is 2.15. The van der Waals surface area contributed by atoms with Crippen molar-refractivity contribution in [3.63, 3.8) is 0 Å². The number of carbonyl (C=O) groups is 1. The van der Waals surface area contributed by atoms with Crippen LogP contribution in [0.1, 0.15) is 12.5 Å². The molecular formula is C16H18N2O3S. The summed E-state index contributed by atoms with van der Waals surface area (Å²) in [6.07, 6.45) is 0.784. The van der Waals surface area contributed by atoms with Crippen LogP contribution in [0.25, 0.3) is 0 Å². The number of amides is 1. The van der Waals surface area contributed by atoms with Crippen LogP contribution in [0.2, 0.25) is 0 Å². The van der Waals surface area contributed by atoms with Crippen LogP contribution in [-0.2, 0) is 21.2 Å². The monoisotopic (exact) mass is 318 g/mol. The van der Waals surface area contributed by atoms with Crippen molar-refractivity contribution < 1.29 is 13.2 Å². The smallest absolute Gasteiger partial charge is 0.241 e. The third-order valence-corrected chi connectivity index (χ3v) is 4.57. The Balaban J connectivity index is 1.99.